The van der Waals surface area contributed by atoms with Crippen LogP contribution in [-0.2, 0) is 33.8 Å². The zero-order chi connectivity index (χ0) is 19.6. The zero-order valence-corrected chi connectivity index (χ0v) is 17.7. The van der Waals surface area contributed by atoms with Gasteiger partial charge >= 0.3 is 0 Å². The first-order chi connectivity index (χ1) is 11.7. The number of rotatable bonds is 6. The van der Waals surface area contributed by atoms with Gasteiger partial charge in [-0.2, -0.15) is 8.42 Å². The highest BCUT2D eigenvalue weighted by Crippen LogP contribution is 2.72. The molecule has 3 rings (SSSR count). The average molecular weight is 412 g/mol. The van der Waals surface area contributed by atoms with Gasteiger partial charge in [-0.25, -0.2) is 12.7 Å². The molecule has 0 aromatic heterocycles. The highest BCUT2D eigenvalue weighted by atomic mass is 32.2. The number of nitrogens with zero attached hydrogens (tertiary/aromatic N) is 1. The summed E-state index contributed by atoms with van der Waals surface area (Å²) in [6, 6.07) is 0. The lowest BCUT2D eigenvalue weighted by Gasteiger charge is -2.47. The van der Waals surface area contributed by atoms with Gasteiger partial charge in [0.25, 0.3) is 10.1 Å². The average Bonchev–Trinajstić information content (AvgIpc) is 3.04. The lowest BCUT2D eigenvalue weighted by atomic mass is 9.68. The Labute approximate surface area is 156 Å². The molecule has 152 valence electrons. The van der Waals surface area contributed by atoms with Gasteiger partial charge in [0.2, 0.25) is 10.0 Å². The molecule has 0 unspecified atom stereocenters. The number of hydrogen-bond acceptors (Lipinski definition) is 7. The van der Waals surface area contributed by atoms with Gasteiger partial charge in [-0.1, -0.05) is 13.8 Å². The van der Waals surface area contributed by atoms with Gasteiger partial charge in [-0.05, 0) is 24.2 Å². The monoisotopic (exact) mass is 411 g/mol. The number of fused-ring (bicyclic) bond motifs is 3. The van der Waals surface area contributed by atoms with E-state index in [1.54, 1.807) is 0 Å². The van der Waals surface area contributed by atoms with Gasteiger partial charge in [0.15, 0.2) is 5.79 Å². The fraction of sp³-hybridized carbons (Fsp3) is 1.00. The zero-order valence-electron chi connectivity index (χ0n) is 16.0. The first kappa shape index (κ1) is 20.5. The van der Waals surface area contributed by atoms with Crippen molar-refractivity contribution >= 4 is 20.1 Å². The Bertz CT molecular complexity index is 776. The molecule has 2 aliphatic carbocycles. The maximum absolute atomic E-state index is 12.7. The van der Waals surface area contributed by atoms with Crippen LogP contribution in [0.1, 0.15) is 33.1 Å². The predicted octanol–water partition coefficient (Wildman–Crippen LogP) is 0.792. The van der Waals surface area contributed by atoms with Crippen LogP contribution in [0.3, 0.4) is 0 Å². The summed E-state index contributed by atoms with van der Waals surface area (Å²) >= 11 is 0. The van der Waals surface area contributed by atoms with Crippen LogP contribution < -0.4 is 0 Å². The molecule has 0 aromatic carbocycles. The summed E-state index contributed by atoms with van der Waals surface area (Å²) < 4.78 is 66.4. The summed E-state index contributed by atoms with van der Waals surface area (Å²) in [6.45, 7) is 4.26. The van der Waals surface area contributed by atoms with Crippen LogP contribution >= 0.6 is 0 Å². The molecule has 2 bridgehead atoms. The molecule has 0 radical (unpaired) electrons. The smallest absolute Gasteiger partial charge is 0.264 e. The van der Waals surface area contributed by atoms with Crippen molar-refractivity contribution in [1.82, 2.24) is 4.31 Å². The van der Waals surface area contributed by atoms with Crippen LogP contribution in [0.15, 0.2) is 0 Å². The molecule has 2 saturated carbocycles. The standard InChI is InChI=1S/C16H29NO7S2/c1-14(2)12-6-7-15(14,11-26(20,21)17(3)4)16(8-12)22-9-13(24-16)10-23-25(5,18)19/h12-13H,6-11H2,1-5H3/t12-,13-,15+,16+/m0/s1. The molecule has 26 heavy (non-hydrogen) atoms. The molecule has 8 nitrogen and oxygen atoms in total. The van der Waals surface area contributed by atoms with Gasteiger partial charge in [0.05, 0.1) is 25.2 Å². The molecule has 10 heteroatoms. The third-order valence-electron chi connectivity index (χ3n) is 6.73. The normalized spacial score (nSPS) is 39.3. The molecule has 1 saturated heterocycles. The second kappa shape index (κ2) is 6.12. The van der Waals surface area contributed by atoms with Crippen molar-refractivity contribution in [2.75, 3.05) is 39.3 Å². The SMILES string of the molecule is CN(C)S(=O)(=O)C[C@@]12CC[C@@H](C[C@]13OC[C@@H](COS(C)(=O)=O)O3)C2(C)C. The topological polar surface area (TPSA) is 99.2 Å². The van der Waals surface area contributed by atoms with Gasteiger partial charge in [-0.3, -0.25) is 4.18 Å². The van der Waals surface area contributed by atoms with Crippen molar-refractivity contribution in [2.24, 2.45) is 16.7 Å². The fourth-order valence-corrected chi connectivity index (χ4v) is 7.08. The van der Waals surface area contributed by atoms with E-state index in [-0.39, 0.29) is 24.4 Å². The van der Waals surface area contributed by atoms with Gasteiger partial charge < -0.3 is 9.47 Å². The third-order valence-corrected chi connectivity index (χ3v) is 9.26. The van der Waals surface area contributed by atoms with Crippen LogP contribution in [-0.4, -0.2) is 72.3 Å². The summed E-state index contributed by atoms with van der Waals surface area (Å²) in [4.78, 5) is 0. The summed E-state index contributed by atoms with van der Waals surface area (Å²) in [5, 5.41) is 0. The van der Waals surface area contributed by atoms with E-state index in [0.717, 1.165) is 12.7 Å². The minimum atomic E-state index is -3.57. The second-order valence-corrected chi connectivity index (χ2v) is 12.4. The van der Waals surface area contributed by atoms with E-state index in [4.69, 9.17) is 13.7 Å². The Kier molecular flexibility index (Phi) is 4.82. The van der Waals surface area contributed by atoms with Crippen LogP contribution in [0, 0.1) is 16.7 Å². The summed E-state index contributed by atoms with van der Waals surface area (Å²) in [7, 11) is -3.97. The van der Waals surface area contributed by atoms with Crippen LogP contribution in [0.4, 0.5) is 0 Å². The lowest BCUT2D eigenvalue weighted by molar-refractivity contribution is -0.244. The van der Waals surface area contributed by atoms with E-state index in [1.165, 1.54) is 18.4 Å². The molecular weight excluding hydrogens is 382 g/mol. The van der Waals surface area contributed by atoms with E-state index in [1.807, 2.05) is 0 Å². The first-order valence-electron chi connectivity index (χ1n) is 8.81. The van der Waals surface area contributed by atoms with Crippen molar-refractivity contribution in [1.29, 1.82) is 0 Å². The van der Waals surface area contributed by atoms with Gasteiger partial charge in [-0.15, -0.1) is 0 Å². The number of ether oxygens (including phenoxy) is 2. The highest BCUT2D eigenvalue weighted by molar-refractivity contribution is 7.89. The van der Waals surface area contributed by atoms with E-state index >= 15 is 0 Å². The Balaban J connectivity index is 1.90. The van der Waals surface area contributed by atoms with E-state index in [9.17, 15) is 16.8 Å². The Morgan fingerprint density at radius 3 is 2.38 bits per heavy atom. The van der Waals surface area contributed by atoms with Crippen LogP contribution in [0.2, 0.25) is 0 Å². The minimum Gasteiger partial charge on any atom is -0.346 e. The van der Waals surface area contributed by atoms with E-state index in [0.29, 0.717) is 18.8 Å². The van der Waals surface area contributed by atoms with Crippen molar-refractivity contribution in [3.05, 3.63) is 0 Å². The second-order valence-electron chi connectivity index (χ2n) is 8.57. The maximum atomic E-state index is 12.7. The summed E-state index contributed by atoms with van der Waals surface area (Å²) in [5.41, 5.74) is -0.934. The molecule has 1 aliphatic heterocycles. The first-order valence-corrected chi connectivity index (χ1v) is 12.2. The van der Waals surface area contributed by atoms with Crippen molar-refractivity contribution in [2.45, 2.75) is 45.0 Å². The third kappa shape index (κ3) is 3.02. The molecular formula is C16H29NO7S2. The molecule has 0 aromatic rings. The Hall–Kier alpha value is -0.260. The van der Waals surface area contributed by atoms with Crippen LogP contribution in [0.25, 0.3) is 0 Å². The van der Waals surface area contributed by atoms with Crippen LogP contribution in [0.5, 0.6) is 0 Å². The number of sulfonamides is 1. The van der Waals surface area contributed by atoms with E-state index in [2.05, 4.69) is 13.8 Å². The molecule has 1 spiro atoms. The Morgan fingerprint density at radius 1 is 1.19 bits per heavy atom. The lowest BCUT2D eigenvalue weighted by Crippen LogP contribution is -2.55. The predicted molar refractivity (Wildman–Crippen MR) is 95.4 cm³/mol. The quantitative estimate of drug-likeness (QED) is 0.596. The molecule has 4 atom stereocenters. The van der Waals surface area contributed by atoms with Crippen molar-refractivity contribution in [3.63, 3.8) is 0 Å². The van der Waals surface area contributed by atoms with Gasteiger partial charge in [0.1, 0.15) is 6.10 Å². The maximum Gasteiger partial charge on any atom is 0.264 e. The fourth-order valence-electron chi connectivity index (χ4n) is 5.07. The van der Waals surface area contributed by atoms with Crippen molar-refractivity contribution in [3.8, 4) is 0 Å². The van der Waals surface area contributed by atoms with E-state index < -0.39 is 37.4 Å². The van der Waals surface area contributed by atoms with Crippen molar-refractivity contribution < 1.29 is 30.5 Å². The number of hydrogen-bond donors (Lipinski definition) is 0. The molecule has 3 fully saturated rings. The molecule has 0 N–H and O–H groups in total. The Morgan fingerprint density at radius 2 is 1.85 bits per heavy atom. The summed E-state index contributed by atoms with van der Waals surface area (Å²) in [5.74, 6) is -0.751. The molecule has 3 aliphatic rings. The van der Waals surface area contributed by atoms with Gasteiger partial charge in [0, 0.05) is 25.9 Å². The summed E-state index contributed by atoms with van der Waals surface area (Å²) in [6.07, 6.45) is 2.73. The molecule has 1 heterocycles. The largest absolute Gasteiger partial charge is 0.346 e. The minimum absolute atomic E-state index is 0.0455. The molecule has 0 amide bonds. The highest BCUT2D eigenvalue weighted by Gasteiger charge is 2.75.